The van der Waals surface area contributed by atoms with E-state index in [0.717, 1.165) is 43.6 Å². The van der Waals surface area contributed by atoms with Crippen molar-refractivity contribution in [2.24, 2.45) is 5.92 Å². The van der Waals surface area contributed by atoms with E-state index >= 15 is 0 Å². The van der Waals surface area contributed by atoms with Gasteiger partial charge in [-0.1, -0.05) is 6.92 Å². The Morgan fingerprint density at radius 1 is 1.22 bits per heavy atom. The monoisotopic (exact) mass is 316 g/mol. The number of imidazole rings is 1. The SMILES string of the molecule is Cc1c[nH]c(C2[C@@H](C)CCN2C(=O)C(=O)N(C2CC2)C2CC2)n1. The molecular formula is C17H24N4O2. The molecule has 0 bridgehead atoms. The van der Waals surface area contributed by atoms with Crippen molar-refractivity contribution in [2.75, 3.05) is 6.54 Å². The van der Waals surface area contributed by atoms with E-state index in [-0.39, 0.29) is 17.9 Å². The lowest BCUT2D eigenvalue weighted by atomic mass is 10.0. The van der Waals surface area contributed by atoms with E-state index in [2.05, 4.69) is 16.9 Å². The van der Waals surface area contributed by atoms with Crippen LogP contribution in [0.25, 0.3) is 0 Å². The smallest absolute Gasteiger partial charge is 0.312 e. The van der Waals surface area contributed by atoms with Crippen molar-refractivity contribution < 1.29 is 9.59 Å². The van der Waals surface area contributed by atoms with Crippen molar-refractivity contribution in [3.63, 3.8) is 0 Å². The number of carbonyl (C=O) groups is 2. The molecule has 1 unspecified atom stereocenters. The van der Waals surface area contributed by atoms with E-state index in [1.54, 1.807) is 4.90 Å². The average Bonchev–Trinajstić information content (AvgIpc) is 3.44. The molecule has 1 aromatic rings. The molecule has 1 saturated heterocycles. The van der Waals surface area contributed by atoms with Crippen LogP contribution in [-0.2, 0) is 9.59 Å². The third-order valence-corrected chi connectivity index (χ3v) is 5.26. The van der Waals surface area contributed by atoms with Gasteiger partial charge >= 0.3 is 11.8 Å². The molecule has 124 valence electrons. The molecule has 23 heavy (non-hydrogen) atoms. The molecule has 3 fully saturated rings. The van der Waals surface area contributed by atoms with E-state index in [1.165, 1.54) is 0 Å². The van der Waals surface area contributed by atoms with Crippen molar-refractivity contribution in [1.29, 1.82) is 0 Å². The summed E-state index contributed by atoms with van der Waals surface area (Å²) in [6, 6.07) is 0.506. The van der Waals surface area contributed by atoms with Gasteiger partial charge in [0.1, 0.15) is 5.82 Å². The molecule has 3 aliphatic rings. The number of amides is 2. The van der Waals surface area contributed by atoms with Crippen molar-refractivity contribution in [3.8, 4) is 0 Å². The highest BCUT2D eigenvalue weighted by atomic mass is 16.2. The normalized spacial score (nSPS) is 27.3. The number of hydrogen-bond acceptors (Lipinski definition) is 3. The van der Waals surface area contributed by atoms with Crippen LogP contribution in [0.1, 0.15) is 56.6 Å². The first-order chi connectivity index (χ1) is 11.1. The van der Waals surface area contributed by atoms with E-state index in [0.29, 0.717) is 24.5 Å². The highest BCUT2D eigenvalue weighted by molar-refractivity contribution is 6.35. The number of rotatable bonds is 3. The van der Waals surface area contributed by atoms with Crippen molar-refractivity contribution in [2.45, 2.75) is 64.1 Å². The Bertz CT molecular complexity index is 620. The van der Waals surface area contributed by atoms with Crippen LogP contribution in [0.15, 0.2) is 6.20 Å². The summed E-state index contributed by atoms with van der Waals surface area (Å²) in [5, 5.41) is 0. The predicted molar refractivity (Wildman–Crippen MR) is 84.4 cm³/mol. The highest BCUT2D eigenvalue weighted by Gasteiger charge is 2.47. The number of aromatic amines is 1. The number of carbonyl (C=O) groups excluding carboxylic acids is 2. The third-order valence-electron chi connectivity index (χ3n) is 5.26. The summed E-state index contributed by atoms with van der Waals surface area (Å²) >= 11 is 0. The van der Waals surface area contributed by atoms with E-state index in [4.69, 9.17) is 0 Å². The first-order valence-corrected chi connectivity index (χ1v) is 8.71. The molecule has 1 N–H and O–H groups in total. The fourth-order valence-corrected chi connectivity index (χ4v) is 3.74. The molecule has 4 rings (SSSR count). The Balaban J connectivity index is 1.55. The number of aromatic nitrogens is 2. The summed E-state index contributed by atoms with van der Waals surface area (Å²) in [4.78, 5) is 36.9. The van der Waals surface area contributed by atoms with Crippen molar-refractivity contribution >= 4 is 11.8 Å². The minimum Gasteiger partial charge on any atom is -0.347 e. The Hall–Kier alpha value is -1.85. The summed E-state index contributed by atoms with van der Waals surface area (Å²) in [5.74, 6) is 0.482. The number of H-pyrrole nitrogens is 1. The third kappa shape index (κ3) is 2.64. The first kappa shape index (κ1) is 14.7. The Kier molecular flexibility index (Phi) is 3.43. The topological polar surface area (TPSA) is 69.3 Å². The van der Waals surface area contributed by atoms with Gasteiger partial charge in [0.2, 0.25) is 0 Å². The van der Waals surface area contributed by atoms with E-state index in [1.807, 2.05) is 18.0 Å². The largest absolute Gasteiger partial charge is 0.347 e. The van der Waals surface area contributed by atoms with Gasteiger partial charge in [0, 0.05) is 24.8 Å². The van der Waals surface area contributed by atoms with Gasteiger partial charge in [-0.05, 0) is 44.9 Å². The maximum Gasteiger partial charge on any atom is 0.312 e. The Morgan fingerprint density at radius 3 is 2.39 bits per heavy atom. The van der Waals surface area contributed by atoms with Gasteiger partial charge in [-0.25, -0.2) is 4.98 Å². The lowest BCUT2D eigenvalue weighted by Gasteiger charge is -2.28. The van der Waals surface area contributed by atoms with Crippen molar-refractivity contribution in [3.05, 3.63) is 17.7 Å². The molecule has 6 nitrogen and oxygen atoms in total. The van der Waals surface area contributed by atoms with Crippen LogP contribution in [-0.4, -0.2) is 50.2 Å². The Labute approximate surface area is 136 Å². The standard InChI is InChI=1S/C17H24N4O2/c1-10-7-8-20(14(10)15-18-9-11(2)19-15)16(22)17(23)21(12-3-4-12)13-5-6-13/h9-10,12-14H,3-8H2,1-2H3,(H,18,19)/t10-,14?/m0/s1. The van der Waals surface area contributed by atoms with Crippen LogP contribution in [0, 0.1) is 12.8 Å². The van der Waals surface area contributed by atoms with Crippen LogP contribution < -0.4 is 0 Å². The van der Waals surface area contributed by atoms with Gasteiger partial charge in [-0.3, -0.25) is 9.59 Å². The van der Waals surface area contributed by atoms with Crippen LogP contribution in [0.5, 0.6) is 0 Å². The fraction of sp³-hybridized carbons (Fsp3) is 0.706. The van der Waals surface area contributed by atoms with Crippen LogP contribution in [0.3, 0.4) is 0 Å². The number of nitrogens with zero attached hydrogens (tertiary/aromatic N) is 3. The number of aryl methyl sites for hydroxylation is 1. The summed E-state index contributed by atoms with van der Waals surface area (Å²) in [7, 11) is 0. The molecule has 1 aliphatic heterocycles. The second-order valence-electron chi connectivity index (χ2n) is 7.31. The van der Waals surface area contributed by atoms with Crippen LogP contribution in [0.4, 0.5) is 0 Å². The molecular weight excluding hydrogens is 292 g/mol. The molecule has 1 aromatic heterocycles. The van der Waals surface area contributed by atoms with Gasteiger partial charge in [0.25, 0.3) is 0 Å². The van der Waals surface area contributed by atoms with Crippen LogP contribution in [0.2, 0.25) is 0 Å². The molecule has 2 aliphatic carbocycles. The summed E-state index contributed by atoms with van der Waals surface area (Å²) in [6.07, 6.45) is 6.96. The van der Waals surface area contributed by atoms with Crippen LogP contribution >= 0.6 is 0 Å². The van der Waals surface area contributed by atoms with Crippen molar-refractivity contribution in [1.82, 2.24) is 19.8 Å². The van der Waals surface area contributed by atoms with E-state index in [9.17, 15) is 9.59 Å². The average molecular weight is 316 g/mol. The lowest BCUT2D eigenvalue weighted by Crippen LogP contribution is -2.47. The zero-order chi connectivity index (χ0) is 16.1. The number of hydrogen-bond donors (Lipinski definition) is 1. The lowest BCUT2D eigenvalue weighted by molar-refractivity contribution is -0.153. The molecule has 2 atom stereocenters. The zero-order valence-corrected chi connectivity index (χ0v) is 13.8. The summed E-state index contributed by atoms with van der Waals surface area (Å²) in [6.45, 7) is 4.69. The zero-order valence-electron chi connectivity index (χ0n) is 13.8. The molecule has 6 heteroatoms. The predicted octanol–water partition coefficient (Wildman–Crippen LogP) is 1.78. The minimum atomic E-state index is -0.341. The molecule has 0 radical (unpaired) electrons. The highest BCUT2D eigenvalue weighted by Crippen LogP contribution is 2.39. The number of nitrogens with one attached hydrogen (secondary N) is 1. The molecule has 0 aromatic carbocycles. The first-order valence-electron chi connectivity index (χ1n) is 8.71. The summed E-state index contributed by atoms with van der Waals surface area (Å²) in [5.41, 5.74) is 0.912. The quantitative estimate of drug-likeness (QED) is 0.864. The summed E-state index contributed by atoms with van der Waals surface area (Å²) < 4.78 is 0. The molecule has 2 saturated carbocycles. The van der Waals surface area contributed by atoms with Gasteiger partial charge in [-0.15, -0.1) is 0 Å². The second kappa shape index (κ2) is 5.35. The number of likely N-dealkylation sites (tertiary alicyclic amines) is 1. The molecule has 0 spiro atoms. The van der Waals surface area contributed by atoms with Gasteiger partial charge in [0.05, 0.1) is 11.7 Å². The van der Waals surface area contributed by atoms with E-state index < -0.39 is 0 Å². The Morgan fingerprint density at radius 2 is 1.87 bits per heavy atom. The van der Waals surface area contributed by atoms with Gasteiger partial charge < -0.3 is 14.8 Å². The molecule has 2 amide bonds. The maximum absolute atomic E-state index is 12.9. The maximum atomic E-state index is 12.9. The minimum absolute atomic E-state index is 0.111. The van der Waals surface area contributed by atoms with Gasteiger partial charge in [-0.2, -0.15) is 0 Å². The molecule has 2 heterocycles. The fourth-order valence-electron chi connectivity index (χ4n) is 3.74. The second-order valence-corrected chi connectivity index (χ2v) is 7.31. The van der Waals surface area contributed by atoms with Gasteiger partial charge in [0.15, 0.2) is 0 Å².